The third-order valence-electron chi connectivity index (χ3n) is 4.14. The van der Waals surface area contributed by atoms with Crippen molar-refractivity contribution in [1.82, 2.24) is 0 Å². The molecule has 1 aliphatic rings. The second kappa shape index (κ2) is 5.14. The molecule has 0 saturated carbocycles. The Kier molecular flexibility index (Phi) is 3.89. The van der Waals surface area contributed by atoms with Crippen LogP contribution < -0.4 is 5.46 Å². The second-order valence-corrected chi connectivity index (χ2v) is 6.16. The van der Waals surface area contributed by atoms with Gasteiger partial charge in [-0.05, 0) is 51.6 Å². The molecule has 0 unspecified atom stereocenters. The molecule has 19 heavy (non-hydrogen) atoms. The van der Waals surface area contributed by atoms with Crippen LogP contribution in [0.3, 0.4) is 0 Å². The Hall–Kier alpha value is -1.06. The van der Waals surface area contributed by atoms with E-state index < -0.39 is 0 Å². The topological polar surface area (TPSA) is 18.5 Å². The van der Waals surface area contributed by atoms with Crippen molar-refractivity contribution in [2.24, 2.45) is 0 Å². The molecule has 0 spiro atoms. The molecule has 1 saturated heterocycles. The molecule has 2 rings (SSSR count). The Morgan fingerprint density at radius 2 is 1.58 bits per heavy atom. The molecule has 0 atom stereocenters. The van der Waals surface area contributed by atoms with Crippen molar-refractivity contribution in [3.63, 3.8) is 0 Å². The summed E-state index contributed by atoms with van der Waals surface area (Å²) >= 11 is 0. The zero-order valence-electron chi connectivity index (χ0n) is 12.4. The second-order valence-electron chi connectivity index (χ2n) is 6.16. The van der Waals surface area contributed by atoms with Gasteiger partial charge in [0.1, 0.15) is 0 Å². The van der Waals surface area contributed by atoms with Crippen molar-refractivity contribution in [1.29, 1.82) is 0 Å². The highest BCUT2D eigenvalue weighted by Gasteiger charge is 2.51. The lowest BCUT2D eigenvalue weighted by molar-refractivity contribution is 0.00578. The molecule has 1 aliphatic heterocycles. The molecule has 0 bridgehead atoms. The highest BCUT2D eigenvalue weighted by molar-refractivity contribution is 6.62. The molecule has 1 aromatic carbocycles. The summed E-state index contributed by atoms with van der Waals surface area (Å²) in [4.78, 5) is 0. The summed E-state index contributed by atoms with van der Waals surface area (Å²) in [5.41, 5.74) is 1.85. The van der Waals surface area contributed by atoms with Crippen LogP contribution in [0.2, 0.25) is 0 Å². The van der Waals surface area contributed by atoms with E-state index in [1.165, 1.54) is 5.56 Å². The van der Waals surface area contributed by atoms with Crippen LogP contribution in [0.25, 0.3) is 0 Å². The summed E-state index contributed by atoms with van der Waals surface area (Å²) in [6.07, 6.45) is 3.99. The van der Waals surface area contributed by atoms with Crippen LogP contribution in [0, 0.1) is 0 Å². The standard InChI is InChI=1S/C16H23BO2/c1-6-7-8-13-9-11-14(12-10-13)17-18-15(2,3)16(4,5)19-17/h6,9-12H,1,7-8H2,2-5H3. The Morgan fingerprint density at radius 1 is 1.05 bits per heavy atom. The van der Waals surface area contributed by atoms with E-state index in [0.717, 1.165) is 18.3 Å². The van der Waals surface area contributed by atoms with Crippen LogP contribution >= 0.6 is 0 Å². The Bertz CT molecular complexity index is 432. The van der Waals surface area contributed by atoms with Crippen molar-refractivity contribution in [2.75, 3.05) is 0 Å². The maximum Gasteiger partial charge on any atom is 0.494 e. The minimum Gasteiger partial charge on any atom is -0.399 e. The first-order chi connectivity index (χ1) is 8.86. The van der Waals surface area contributed by atoms with Crippen LogP contribution in [0.4, 0.5) is 0 Å². The van der Waals surface area contributed by atoms with Crippen molar-refractivity contribution >= 4 is 12.6 Å². The highest BCUT2D eigenvalue weighted by Crippen LogP contribution is 2.36. The van der Waals surface area contributed by atoms with Gasteiger partial charge in [-0.2, -0.15) is 0 Å². The molecule has 2 nitrogen and oxygen atoms in total. The number of hydrogen-bond acceptors (Lipinski definition) is 2. The van der Waals surface area contributed by atoms with E-state index in [2.05, 4.69) is 58.5 Å². The minimum absolute atomic E-state index is 0.265. The third kappa shape index (κ3) is 2.93. The molecule has 1 heterocycles. The first-order valence-corrected chi connectivity index (χ1v) is 6.91. The molecule has 0 amide bonds. The van der Waals surface area contributed by atoms with Gasteiger partial charge < -0.3 is 9.31 Å². The van der Waals surface area contributed by atoms with Crippen LogP contribution in [-0.2, 0) is 15.7 Å². The van der Waals surface area contributed by atoms with E-state index in [4.69, 9.17) is 9.31 Å². The largest absolute Gasteiger partial charge is 0.494 e. The molecule has 0 N–H and O–H groups in total. The number of allylic oxidation sites excluding steroid dienone is 1. The molecule has 0 aliphatic carbocycles. The number of aryl methyl sites for hydroxylation is 1. The predicted octanol–water partition coefficient (Wildman–Crippen LogP) is 3.10. The third-order valence-corrected chi connectivity index (χ3v) is 4.14. The Morgan fingerprint density at radius 3 is 2.05 bits per heavy atom. The van der Waals surface area contributed by atoms with Crippen LogP contribution in [-0.4, -0.2) is 18.3 Å². The lowest BCUT2D eigenvalue weighted by Crippen LogP contribution is -2.41. The van der Waals surface area contributed by atoms with Gasteiger partial charge in [-0.15, -0.1) is 6.58 Å². The smallest absolute Gasteiger partial charge is 0.399 e. The molecule has 0 aromatic heterocycles. The van der Waals surface area contributed by atoms with E-state index in [1.54, 1.807) is 0 Å². The summed E-state index contributed by atoms with van der Waals surface area (Å²) in [5, 5.41) is 0. The fourth-order valence-electron chi connectivity index (χ4n) is 2.09. The van der Waals surface area contributed by atoms with Crippen LogP contribution in [0.5, 0.6) is 0 Å². The average molecular weight is 258 g/mol. The van der Waals surface area contributed by atoms with Gasteiger partial charge in [0.15, 0.2) is 0 Å². The van der Waals surface area contributed by atoms with Gasteiger partial charge in [0.25, 0.3) is 0 Å². The maximum absolute atomic E-state index is 6.03. The van der Waals surface area contributed by atoms with Gasteiger partial charge in [0.05, 0.1) is 11.2 Å². The molecular formula is C16H23BO2. The monoisotopic (exact) mass is 258 g/mol. The van der Waals surface area contributed by atoms with E-state index in [1.807, 2.05) is 6.08 Å². The van der Waals surface area contributed by atoms with E-state index in [9.17, 15) is 0 Å². The van der Waals surface area contributed by atoms with Gasteiger partial charge in [-0.1, -0.05) is 30.3 Å². The van der Waals surface area contributed by atoms with Crippen molar-refractivity contribution in [3.05, 3.63) is 42.5 Å². The number of rotatable bonds is 4. The summed E-state index contributed by atoms with van der Waals surface area (Å²) < 4.78 is 12.1. The summed E-state index contributed by atoms with van der Waals surface area (Å²) in [5.74, 6) is 0. The van der Waals surface area contributed by atoms with Gasteiger partial charge in [-0.25, -0.2) is 0 Å². The SMILES string of the molecule is C=CCCc1ccc(B2OC(C)(C)C(C)(C)O2)cc1. The van der Waals surface area contributed by atoms with Gasteiger partial charge in [0, 0.05) is 0 Å². The van der Waals surface area contributed by atoms with Crippen molar-refractivity contribution in [2.45, 2.75) is 51.7 Å². The molecular weight excluding hydrogens is 235 g/mol. The fraction of sp³-hybridized carbons (Fsp3) is 0.500. The summed E-state index contributed by atoms with van der Waals surface area (Å²) in [7, 11) is -0.265. The van der Waals surface area contributed by atoms with Gasteiger partial charge in [-0.3, -0.25) is 0 Å². The highest BCUT2D eigenvalue weighted by atomic mass is 16.7. The lowest BCUT2D eigenvalue weighted by Gasteiger charge is -2.32. The molecule has 3 heteroatoms. The zero-order chi connectivity index (χ0) is 14.1. The van der Waals surface area contributed by atoms with Crippen molar-refractivity contribution < 1.29 is 9.31 Å². The van der Waals surface area contributed by atoms with E-state index >= 15 is 0 Å². The molecule has 102 valence electrons. The quantitative estimate of drug-likeness (QED) is 0.610. The fourth-order valence-corrected chi connectivity index (χ4v) is 2.09. The molecule has 1 aromatic rings. The van der Waals surface area contributed by atoms with Crippen molar-refractivity contribution in [3.8, 4) is 0 Å². The normalized spacial score (nSPS) is 20.5. The average Bonchev–Trinajstić information content (AvgIpc) is 2.56. The zero-order valence-corrected chi connectivity index (χ0v) is 12.4. The number of benzene rings is 1. The Labute approximate surface area is 117 Å². The summed E-state index contributed by atoms with van der Waals surface area (Å²) in [6, 6.07) is 8.48. The minimum atomic E-state index is -0.279. The number of hydrogen-bond donors (Lipinski definition) is 0. The first-order valence-electron chi connectivity index (χ1n) is 6.91. The lowest BCUT2D eigenvalue weighted by atomic mass is 9.79. The van der Waals surface area contributed by atoms with Gasteiger partial charge in [0.2, 0.25) is 0 Å². The van der Waals surface area contributed by atoms with Crippen LogP contribution in [0.15, 0.2) is 36.9 Å². The molecule has 0 radical (unpaired) electrons. The predicted molar refractivity (Wildman–Crippen MR) is 80.7 cm³/mol. The maximum atomic E-state index is 6.03. The Balaban J connectivity index is 2.10. The first kappa shape index (κ1) is 14.4. The van der Waals surface area contributed by atoms with E-state index in [-0.39, 0.29) is 18.3 Å². The molecule has 1 fully saturated rings. The summed E-state index contributed by atoms with van der Waals surface area (Å²) in [6.45, 7) is 12.0. The van der Waals surface area contributed by atoms with E-state index in [0.29, 0.717) is 0 Å². The van der Waals surface area contributed by atoms with Crippen LogP contribution in [0.1, 0.15) is 39.7 Å². The van der Waals surface area contributed by atoms with Gasteiger partial charge >= 0.3 is 7.12 Å².